The molecule has 0 aliphatic carbocycles. The molecule has 0 bridgehead atoms. The van der Waals surface area contributed by atoms with Crippen LogP contribution in [0.15, 0.2) is 0 Å². The van der Waals surface area contributed by atoms with Crippen LogP contribution in [-0.4, -0.2) is 37.1 Å². The summed E-state index contributed by atoms with van der Waals surface area (Å²) in [7, 11) is 0. The molecule has 14 heavy (non-hydrogen) atoms. The summed E-state index contributed by atoms with van der Waals surface area (Å²) in [6.07, 6.45) is 7.02. The van der Waals surface area contributed by atoms with Crippen molar-refractivity contribution in [3.8, 4) is 0 Å². The van der Waals surface area contributed by atoms with Crippen molar-refractivity contribution in [1.29, 1.82) is 0 Å². The Morgan fingerprint density at radius 2 is 1.71 bits per heavy atom. The van der Waals surface area contributed by atoms with E-state index in [1.54, 1.807) is 0 Å². The van der Waals surface area contributed by atoms with Crippen LogP contribution in [-0.2, 0) is 0 Å². The Balaban J connectivity index is 1.76. The Bertz CT molecular complexity index is 156. The third-order valence-corrected chi connectivity index (χ3v) is 4.05. The number of piperidine rings is 2. The maximum atomic E-state index is 3.45. The van der Waals surface area contributed by atoms with Gasteiger partial charge in [0.25, 0.3) is 0 Å². The molecule has 0 radical (unpaired) electrons. The van der Waals surface area contributed by atoms with Gasteiger partial charge in [-0.1, -0.05) is 13.3 Å². The zero-order chi connectivity index (χ0) is 9.80. The van der Waals surface area contributed by atoms with Crippen LogP contribution < -0.4 is 5.32 Å². The molecule has 2 nitrogen and oxygen atoms in total. The second-order valence-corrected chi connectivity index (χ2v) is 4.87. The number of rotatable bonds is 2. The molecule has 0 aromatic rings. The van der Waals surface area contributed by atoms with Crippen molar-refractivity contribution in [3.63, 3.8) is 0 Å². The van der Waals surface area contributed by atoms with E-state index in [0.717, 1.165) is 12.0 Å². The minimum Gasteiger partial charge on any atom is -0.317 e. The summed E-state index contributed by atoms with van der Waals surface area (Å²) in [5.41, 5.74) is 0. The Morgan fingerprint density at radius 1 is 1.07 bits per heavy atom. The van der Waals surface area contributed by atoms with Crippen molar-refractivity contribution in [2.45, 2.75) is 45.1 Å². The summed E-state index contributed by atoms with van der Waals surface area (Å²) < 4.78 is 0. The van der Waals surface area contributed by atoms with E-state index in [9.17, 15) is 0 Å². The van der Waals surface area contributed by atoms with Gasteiger partial charge in [0.1, 0.15) is 0 Å². The smallest absolute Gasteiger partial charge is 0.0119 e. The van der Waals surface area contributed by atoms with Crippen LogP contribution in [0.25, 0.3) is 0 Å². The molecular formula is C12H24N2. The fourth-order valence-corrected chi connectivity index (χ4v) is 2.90. The summed E-state index contributed by atoms with van der Waals surface area (Å²) >= 11 is 0. The second kappa shape index (κ2) is 5.13. The summed E-state index contributed by atoms with van der Waals surface area (Å²) in [6.45, 7) is 7.54. The molecule has 2 heterocycles. The summed E-state index contributed by atoms with van der Waals surface area (Å²) in [5.74, 6) is 1.02. The number of nitrogens with zero attached hydrogens (tertiary/aromatic N) is 1. The molecule has 2 heteroatoms. The summed E-state index contributed by atoms with van der Waals surface area (Å²) in [6, 6.07) is 0.897. The van der Waals surface area contributed by atoms with Crippen molar-refractivity contribution in [1.82, 2.24) is 10.2 Å². The molecule has 1 N–H and O–H groups in total. The van der Waals surface area contributed by atoms with Crippen LogP contribution in [0.1, 0.15) is 39.0 Å². The van der Waals surface area contributed by atoms with Gasteiger partial charge in [0.2, 0.25) is 0 Å². The first-order chi connectivity index (χ1) is 6.90. The standard InChI is InChI=1S/C12H24N2/c1-2-11-5-9-14(10-6-11)12-3-7-13-8-4-12/h11-13H,2-10H2,1H3. The quantitative estimate of drug-likeness (QED) is 0.725. The van der Waals surface area contributed by atoms with E-state index in [1.807, 2.05) is 0 Å². The minimum absolute atomic E-state index is 0.897. The minimum atomic E-state index is 0.897. The lowest BCUT2D eigenvalue weighted by atomic mass is 9.92. The first-order valence-corrected chi connectivity index (χ1v) is 6.35. The number of hydrogen-bond acceptors (Lipinski definition) is 2. The summed E-state index contributed by atoms with van der Waals surface area (Å²) in [5, 5.41) is 3.45. The zero-order valence-corrected chi connectivity index (χ0v) is 9.47. The van der Waals surface area contributed by atoms with E-state index < -0.39 is 0 Å². The van der Waals surface area contributed by atoms with Crippen LogP contribution in [0.4, 0.5) is 0 Å². The molecule has 2 fully saturated rings. The molecule has 82 valence electrons. The van der Waals surface area contributed by atoms with Gasteiger partial charge < -0.3 is 10.2 Å². The molecule has 0 amide bonds. The van der Waals surface area contributed by atoms with E-state index in [-0.39, 0.29) is 0 Å². The first-order valence-electron chi connectivity index (χ1n) is 6.35. The van der Waals surface area contributed by atoms with Crippen molar-refractivity contribution < 1.29 is 0 Å². The van der Waals surface area contributed by atoms with Gasteiger partial charge in [0, 0.05) is 6.04 Å². The Morgan fingerprint density at radius 3 is 2.29 bits per heavy atom. The van der Waals surface area contributed by atoms with Crippen LogP contribution in [0.2, 0.25) is 0 Å². The van der Waals surface area contributed by atoms with Crippen LogP contribution >= 0.6 is 0 Å². The molecule has 2 aliphatic rings. The van der Waals surface area contributed by atoms with Gasteiger partial charge in [-0.2, -0.15) is 0 Å². The van der Waals surface area contributed by atoms with E-state index in [2.05, 4.69) is 17.1 Å². The molecular weight excluding hydrogens is 172 g/mol. The maximum Gasteiger partial charge on any atom is 0.0119 e. The van der Waals surface area contributed by atoms with Gasteiger partial charge in [-0.25, -0.2) is 0 Å². The SMILES string of the molecule is CCC1CCN(C2CCNCC2)CC1. The molecule has 2 aliphatic heterocycles. The number of hydrogen-bond donors (Lipinski definition) is 1. The van der Waals surface area contributed by atoms with Crippen molar-refractivity contribution in [2.24, 2.45) is 5.92 Å². The predicted octanol–water partition coefficient (Wildman–Crippen LogP) is 1.86. The maximum absolute atomic E-state index is 3.45. The predicted molar refractivity (Wildman–Crippen MR) is 60.5 cm³/mol. The number of nitrogens with one attached hydrogen (secondary N) is 1. The molecule has 0 saturated carbocycles. The van der Waals surface area contributed by atoms with Crippen LogP contribution in [0, 0.1) is 5.92 Å². The van der Waals surface area contributed by atoms with E-state index in [1.165, 1.54) is 58.3 Å². The van der Waals surface area contributed by atoms with Crippen LogP contribution in [0.3, 0.4) is 0 Å². The molecule has 0 aromatic carbocycles. The highest BCUT2D eigenvalue weighted by molar-refractivity contribution is 4.81. The highest BCUT2D eigenvalue weighted by Gasteiger charge is 2.24. The Labute approximate surface area is 88.1 Å². The zero-order valence-electron chi connectivity index (χ0n) is 9.47. The fourth-order valence-electron chi connectivity index (χ4n) is 2.90. The van der Waals surface area contributed by atoms with E-state index in [0.29, 0.717) is 0 Å². The second-order valence-electron chi connectivity index (χ2n) is 4.87. The van der Waals surface area contributed by atoms with Gasteiger partial charge >= 0.3 is 0 Å². The Kier molecular flexibility index (Phi) is 3.82. The van der Waals surface area contributed by atoms with E-state index in [4.69, 9.17) is 0 Å². The third-order valence-electron chi connectivity index (χ3n) is 4.05. The molecule has 0 spiro atoms. The van der Waals surface area contributed by atoms with Gasteiger partial charge in [0.15, 0.2) is 0 Å². The molecule has 2 saturated heterocycles. The van der Waals surface area contributed by atoms with Gasteiger partial charge in [-0.3, -0.25) is 0 Å². The highest BCUT2D eigenvalue weighted by atomic mass is 15.2. The van der Waals surface area contributed by atoms with Crippen molar-refractivity contribution in [3.05, 3.63) is 0 Å². The molecule has 2 rings (SSSR count). The van der Waals surface area contributed by atoms with Gasteiger partial charge in [0.05, 0.1) is 0 Å². The largest absolute Gasteiger partial charge is 0.317 e. The van der Waals surface area contributed by atoms with Gasteiger partial charge in [-0.05, 0) is 57.8 Å². The highest BCUT2D eigenvalue weighted by Crippen LogP contribution is 2.23. The molecule has 0 unspecified atom stereocenters. The van der Waals surface area contributed by atoms with Crippen molar-refractivity contribution in [2.75, 3.05) is 26.2 Å². The molecule has 0 atom stereocenters. The fraction of sp³-hybridized carbons (Fsp3) is 1.00. The topological polar surface area (TPSA) is 15.3 Å². The molecule has 0 aromatic heterocycles. The van der Waals surface area contributed by atoms with Crippen molar-refractivity contribution >= 4 is 0 Å². The van der Waals surface area contributed by atoms with Gasteiger partial charge in [-0.15, -0.1) is 0 Å². The summed E-state index contributed by atoms with van der Waals surface area (Å²) in [4.78, 5) is 2.74. The lowest BCUT2D eigenvalue weighted by Gasteiger charge is -2.39. The average Bonchev–Trinajstić information content (AvgIpc) is 2.30. The average molecular weight is 196 g/mol. The van der Waals surface area contributed by atoms with Crippen LogP contribution in [0.5, 0.6) is 0 Å². The van der Waals surface area contributed by atoms with E-state index >= 15 is 0 Å². The number of likely N-dealkylation sites (tertiary alicyclic amines) is 1. The Hall–Kier alpha value is -0.0800. The monoisotopic (exact) mass is 196 g/mol. The first kappa shape index (κ1) is 10.4. The lowest BCUT2D eigenvalue weighted by molar-refractivity contribution is 0.110. The normalized spacial score (nSPS) is 28.1. The lowest BCUT2D eigenvalue weighted by Crippen LogP contribution is -2.46. The third kappa shape index (κ3) is 2.48.